The van der Waals surface area contributed by atoms with Crippen molar-refractivity contribution >= 4 is 25.8 Å². The number of hydrogen-bond donors (Lipinski definition) is 2. The van der Waals surface area contributed by atoms with E-state index in [2.05, 4.69) is 0 Å². The van der Waals surface area contributed by atoms with Crippen LogP contribution < -0.4 is 10.6 Å². The third kappa shape index (κ3) is 2.23. The molecule has 0 aliphatic heterocycles. The maximum atomic E-state index is 13.7. The standard InChI is InChI=1S/C9H14BFO2Si/c1-14(2,3)8-6-4-5-7(9(8)11)10(12)13/h4-6,12-13H,1-3H3. The number of hydrogen-bond acceptors (Lipinski definition) is 2. The monoisotopic (exact) mass is 212 g/mol. The van der Waals surface area contributed by atoms with Gasteiger partial charge in [-0.25, -0.2) is 4.39 Å². The SMILES string of the molecule is C[Si](C)(C)c1cccc(B(O)O)c1F. The minimum atomic E-state index is -1.75. The number of rotatable bonds is 2. The normalized spacial score (nSPS) is 11.6. The summed E-state index contributed by atoms with van der Waals surface area (Å²) in [4.78, 5) is 0. The molecule has 0 unspecified atom stereocenters. The minimum Gasteiger partial charge on any atom is -0.423 e. The predicted octanol–water partition coefficient (Wildman–Crippen LogP) is 0.0507. The van der Waals surface area contributed by atoms with Crippen molar-refractivity contribution in [2.75, 3.05) is 0 Å². The summed E-state index contributed by atoms with van der Waals surface area (Å²) in [6.45, 7) is 6.04. The third-order valence-corrected chi connectivity index (χ3v) is 4.12. The van der Waals surface area contributed by atoms with Crippen LogP contribution in [0.1, 0.15) is 0 Å². The highest BCUT2D eigenvalue weighted by atomic mass is 28.3. The Morgan fingerprint density at radius 2 is 1.79 bits per heavy atom. The highest BCUT2D eigenvalue weighted by Crippen LogP contribution is 2.04. The Morgan fingerprint density at radius 1 is 1.21 bits per heavy atom. The van der Waals surface area contributed by atoms with Crippen molar-refractivity contribution in [3.05, 3.63) is 24.0 Å². The second kappa shape index (κ2) is 3.84. The second-order valence-corrected chi connectivity index (χ2v) is 9.37. The molecule has 0 aromatic heterocycles. The molecule has 0 aliphatic carbocycles. The predicted molar refractivity (Wildman–Crippen MR) is 59.2 cm³/mol. The van der Waals surface area contributed by atoms with Crippen LogP contribution in [-0.2, 0) is 0 Å². The summed E-state index contributed by atoms with van der Waals surface area (Å²) in [6.07, 6.45) is 0. The highest BCUT2D eigenvalue weighted by Gasteiger charge is 2.25. The quantitative estimate of drug-likeness (QED) is 0.680. The molecule has 0 spiro atoms. The van der Waals surface area contributed by atoms with E-state index >= 15 is 0 Å². The maximum absolute atomic E-state index is 13.7. The first-order valence-electron chi connectivity index (χ1n) is 4.49. The molecule has 1 rings (SSSR count). The molecule has 0 bridgehead atoms. The van der Waals surface area contributed by atoms with Crippen molar-refractivity contribution in [2.24, 2.45) is 0 Å². The molecule has 0 aliphatic rings. The topological polar surface area (TPSA) is 40.5 Å². The zero-order chi connectivity index (χ0) is 10.9. The fraction of sp³-hybridized carbons (Fsp3) is 0.333. The van der Waals surface area contributed by atoms with Crippen molar-refractivity contribution in [3.63, 3.8) is 0 Å². The van der Waals surface area contributed by atoms with E-state index in [9.17, 15) is 4.39 Å². The minimum absolute atomic E-state index is 0.0371. The van der Waals surface area contributed by atoms with E-state index in [4.69, 9.17) is 10.0 Å². The van der Waals surface area contributed by atoms with E-state index < -0.39 is 21.0 Å². The average molecular weight is 212 g/mol. The Labute approximate surface area is 84.6 Å². The molecule has 1 aromatic carbocycles. The van der Waals surface area contributed by atoms with Gasteiger partial charge in [0.15, 0.2) is 0 Å². The molecule has 76 valence electrons. The van der Waals surface area contributed by atoms with Crippen LogP contribution in [0.2, 0.25) is 19.6 Å². The van der Waals surface area contributed by atoms with Crippen LogP contribution in [-0.4, -0.2) is 25.2 Å². The Bertz CT molecular complexity index is 336. The summed E-state index contributed by atoms with van der Waals surface area (Å²) in [5.41, 5.74) is -0.0371. The van der Waals surface area contributed by atoms with Gasteiger partial charge in [0.1, 0.15) is 5.82 Å². The van der Waals surface area contributed by atoms with Crippen LogP contribution in [0, 0.1) is 5.82 Å². The summed E-state index contributed by atoms with van der Waals surface area (Å²) in [5.74, 6) is -0.471. The van der Waals surface area contributed by atoms with Gasteiger partial charge in [-0.1, -0.05) is 37.8 Å². The van der Waals surface area contributed by atoms with Crippen LogP contribution in [0.4, 0.5) is 4.39 Å². The van der Waals surface area contributed by atoms with E-state index in [0.29, 0.717) is 5.19 Å². The molecule has 0 saturated heterocycles. The summed E-state index contributed by atoms with van der Waals surface area (Å²) < 4.78 is 13.7. The lowest BCUT2D eigenvalue weighted by Gasteiger charge is -2.18. The fourth-order valence-electron chi connectivity index (χ4n) is 1.33. The molecule has 0 fully saturated rings. The Kier molecular flexibility index (Phi) is 3.14. The summed E-state index contributed by atoms with van der Waals surface area (Å²) in [5, 5.41) is 18.5. The molecule has 2 nitrogen and oxygen atoms in total. The van der Waals surface area contributed by atoms with Crippen molar-refractivity contribution in [2.45, 2.75) is 19.6 Å². The summed E-state index contributed by atoms with van der Waals surface area (Å²) in [7, 11) is -3.48. The van der Waals surface area contributed by atoms with Gasteiger partial charge in [0.2, 0.25) is 0 Å². The lowest BCUT2D eigenvalue weighted by Crippen LogP contribution is -2.46. The van der Waals surface area contributed by atoms with Crippen molar-refractivity contribution in [1.82, 2.24) is 0 Å². The molecule has 0 saturated carbocycles. The molecule has 2 N–H and O–H groups in total. The smallest absolute Gasteiger partial charge is 0.423 e. The zero-order valence-electron chi connectivity index (χ0n) is 8.58. The lowest BCUT2D eigenvalue weighted by atomic mass is 9.80. The molecule has 0 atom stereocenters. The molecule has 5 heteroatoms. The van der Waals surface area contributed by atoms with Crippen LogP contribution in [0.15, 0.2) is 18.2 Å². The van der Waals surface area contributed by atoms with E-state index in [-0.39, 0.29) is 5.46 Å². The van der Waals surface area contributed by atoms with Gasteiger partial charge in [-0.3, -0.25) is 0 Å². The fourth-order valence-corrected chi connectivity index (χ4v) is 2.73. The third-order valence-electron chi connectivity index (χ3n) is 2.11. The molecular formula is C9H14BFO2Si. The molecule has 14 heavy (non-hydrogen) atoms. The van der Waals surface area contributed by atoms with Crippen LogP contribution in [0.25, 0.3) is 0 Å². The van der Waals surface area contributed by atoms with Crippen LogP contribution in [0.3, 0.4) is 0 Å². The molecule has 0 radical (unpaired) electrons. The first kappa shape index (κ1) is 11.4. The van der Waals surface area contributed by atoms with Crippen LogP contribution >= 0.6 is 0 Å². The summed E-state index contributed by atoms with van der Waals surface area (Å²) >= 11 is 0. The van der Waals surface area contributed by atoms with Gasteiger partial charge in [-0.05, 0) is 5.19 Å². The van der Waals surface area contributed by atoms with Gasteiger partial charge in [-0.15, -0.1) is 0 Å². The largest absolute Gasteiger partial charge is 0.491 e. The Hall–Kier alpha value is -0.648. The Balaban J connectivity index is 3.28. The summed E-state index contributed by atoms with van der Waals surface area (Å²) in [6, 6.07) is 4.77. The van der Waals surface area contributed by atoms with Crippen molar-refractivity contribution < 1.29 is 14.4 Å². The van der Waals surface area contributed by atoms with Gasteiger partial charge in [0, 0.05) is 5.46 Å². The van der Waals surface area contributed by atoms with Crippen LogP contribution in [0.5, 0.6) is 0 Å². The van der Waals surface area contributed by atoms with Gasteiger partial charge < -0.3 is 10.0 Å². The second-order valence-electron chi connectivity index (χ2n) is 4.33. The van der Waals surface area contributed by atoms with Crippen molar-refractivity contribution in [3.8, 4) is 0 Å². The Morgan fingerprint density at radius 3 is 2.21 bits per heavy atom. The molecule has 0 heterocycles. The first-order valence-corrected chi connectivity index (χ1v) is 7.99. The van der Waals surface area contributed by atoms with Gasteiger partial charge >= 0.3 is 7.12 Å². The van der Waals surface area contributed by atoms with Gasteiger partial charge in [0.05, 0.1) is 8.07 Å². The van der Waals surface area contributed by atoms with E-state index in [1.165, 1.54) is 6.07 Å². The molecular weight excluding hydrogens is 198 g/mol. The maximum Gasteiger partial charge on any atom is 0.491 e. The van der Waals surface area contributed by atoms with E-state index in [0.717, 1.165) is 0 Å². The van der Waals surface area contributed by atoms with Crippen molar-refractivity contribution in [1.29, 1.82) is 0 Å². The lowest BCUT2D eigenvalue weighted by molar-refractivity contribution is 0.423. The van der Waals surface area contributed by atoms with Gasteiger partial charge in [0.25, 0.3) is 0 Å². The average Bonchev–Trinajstić information content (AvgIpc) is 2.01. The van der Waals surface area contributed by atoms with E-state index in [1.54, 1.807) is 12.1 Å². The highest BCUT2D eigenvalue weighted by molar-refractivity contribution is 6.89. The molecule has 1 aromatic rings. The molecule has 0 amide bonds. The number of benzene rings is 1. The first-order chi connectivity index (χ1) is 6.34. The number of halogens is 1. The zero-order valence-corrected chi connectivity index (χ0v) is 9.58. The van der Waals surface area contributed by atoms with E-state index in [1.807, 2.05) is 19.6 Å². The van der Waals surface area contributed by atoms with Gasteiger partial charge in [-0.2, -0.15) is 0 Å².